The molecule has 1 aliphatic heterocycles. The van der Waals surface area contributed by atoms with Gasteiger partial charge in [-0.25, -0.2) is 0 Å². The van der Waals surface area contributed by atoms with Gasteiger partial charge in [0.05, 0.1) is 15.1 Å². The Labute approximate surface area is 144 Å². The van der Waals surface area contributed by atoms with Crippen molar-refractivity contribution in [3.8, 4) is 5.75 Å². The van der Waals surface area contributed by atoms with E-state index in [2.05, 4.69) is 6.58 Å². The molecule has 0 radical (unpaired) electrons. The Balaban J connectivity index is 2.38. The largest absolute Gasteiger partial charge is 0.508 e. The van der Waals surface area contributed by atoms with Gasteiger partial charge in [0.2, 0.25) is 5.91 Å². The summed E-state index contributed by atoms with van der Waals surface area (Å²) in [5.41, 5.74) is 6.80. The number of phenols is 1. The number of nitrogens with two attached hydrogens (primary N) is 1. The van der Waals surface area contributed by atoms with E-state index < -0.39 is 11.9 Å². The number of carbonyl (C=O) groups excluding carboxylic acids is 1. The number of amides is 1. The van der Waals surface area contributed by atoms with Gasteiger partial charge in [-0.15, -0.1) is 0 Å². The predicted molar refractivity (Wildman–Crippen MR) is 89.6 cm³/mol. The average molecular weight is 364 g/mol. The van der Waals surface area contributed by atoms with Crippen molar-refractivity contribution in [2.45, 2.75) is 31.7 Å². The monoisotopic (exact) mass is 362 g/mol. The number of benzene rings is 1. The number of hydrogen-bond acceptors (Lipinski definition) is 3. The first-order chi connectivity index (χ1) is 10.2. The maximum atomic E-state index is 11.7. The molecule has 1 saturated heterocycles. The fraction of sp³-hybridized carbons (Fsp3) is 0.400. The number of primary amides is 1. The van der Waals surface area contributed by atoms with E-state index >= 15 is 0 Å². The minimum Gasteiger partial charge on any atom is -0.508 e. The summed E-state index contributed by atoms with van der Waals surface area (Å²) in [5, 5.41) is 10.8. The van der Waals surface area contributed by atoms with E-state index in [4.69, 9.17) is 40.5 Å². The maximum absolute atomic E-state index is 11.7. The van der Waals surface area contributed by atoms with E-state index in [9.17, 15) is 9.90 Å². The second-order valence-electron chi connectivity index (χ2n) is 5.49. The van der Waals surface area contributed by atoms with Crippen LogP contribution in [-0.2, 0) is 4.79 Å². The van der Waals surface area contributed by atoms with Crippen LogP contribution in [0.5, 0.6) is 5.75 Å². The third-order valence-corrected chi connectivity index (χ3v) is 5.28. The number of nitrogens with zero attached hydrogens (tertiary/aromatic N) is 1. The normalized spacial score (nSPS) is 21.7. The number of phenolic OH excluding ortho intramolecular Hbond substituents is 1. The molecule has 7 heteroatoms. The number of halogens is 3. The molecule has 1 aliphatic rings. The third kappa shape index (κ3) is 3.14. The van der Waals surface area contributed by atoms with E-state index in [1.54, 1.807) is 0 Å². The number of piperidine rings is 1. The van der Waals surface area contributed by atoms with Crippen molar-refractivity contribution in [2.75, 3.05) is 6.54 Å². The van der Waals surface area contributed by atoms with E-state index in [0.717, 1.165) is 5.70 Å². The molecular formula is C15H17Cl3N2O2. The molecule has 0 bridgehead atoms. The van der Waals surface area contributed by atoms with Crippen molar-refractivity contribution in [3.05, 3.63) is 39.0 Å². The highest BCUT2D eigenvalue weighted by molar-refractivity contribution is 6.48. The van der Waals surface area contributed by atoms with E-state index in [-0.39, 0.29) is 26.7 Å². The number of allylic oxidation sites excluding steroid dienone is 1. The summed E-state index contributed by atoms with van der Waals surface area (Å²) in [6.45, 7) is 6.31. The molecule has 120 valence electrons. The average Bonchev–Trinajstić information content (AvgIpc) is 2.44. The number of aromatic hydroxyl groups is 1. The van der Waals surface area contributed by atoms with Crippen molar-refractivity contribution in [1.82, 2.24) is 4.90 Å². The Hall–Kier alpha value is -1.10. The molecule has 2 rings (SSSR count). The Morgan fingerprint density at radius 2 is 2.05 bits per heavy atom. The number of rotatable bonds is 3. The SMILES string of the molecule is C=C(C)N1CCC(c2c(O)cc(Cl)c(Cl)c2Cl)CC1C(N)=O. The molecule has 0 aromatic heterocycles. The van der Waals surface area contributed by atoms with Gasteiger partial charge in [-0.05, 0) is 25.7 Å². The Morgan fingerprint density at radius 3 is 2.59 bits per heavy atom. The molecule has 2 unspecified atom stereocenters. The molecule has 1 aromatic carbocycles. The van der Waals surface area contributed by atoms with Crippen molar-refractivity contribution in [1.29, 1.82) is 0 Å². The lowest BCUT2D eigenvalue weighted by atomic mass is 9.84. The summed E-state index contributed by atoms with van der Waals surface area (Å²) in [6, 6.07) is 0.886. The first-order valence-electron chi connectivity index (χ1n) is 6.81. The summed E-state index contributed by atoms with van der Waals surface area (Å²) < 4.78 is 0. The van der Waals surface area contributed by atoms with Gasteiger partial charge in [0, 0.05) is 23.9 Å². The van der Waals surface area contributed by atoms with E-state index in [1.807, 2.05) is 11.8 Å². The van der Waals surface area contributed by atoms with Crippen LogP contribution in [0.2, 0.25) is 15.1 Å². The Kier molecular flexibility index (Phi) is 5.15. The zero-order valence-corrected chi connectivity index (χ0v) is 14.3. The molecule has 3 N–H and O–H groups in total. The second kappa shape index (κ2) is 6.57. The van der Waals surface area contributed by atoms with Crippen LogP contribution in [0.3, 0.4) is 0 Å². The topological polar surface area (TPSA) is 66.6 Å². The van der Waals surface area contributed by atoms with Gasteiger partial charge in [-0.1, -0.05) is 41.4 Å². The lowest BCUT2D eigenvalue weighted by Gasteiger charge is -2.40. The fourth-order valence-corrected chi connectivity index (χ4v) is 3.69. The minimum atomic E-state index is -0.485. The smallest absolute Gasteiger partial charge is 0.240 e. The van der Waals surface area contributed by atoms with Gasteiger partial charge < -0.3 is 15.7 Å². The highest BCUT2D eigenvalue weighted by atomic mass is 35.5. The summed E-state index contributed by atoms with van der Waals surface area (Å²) >= 11 is 18.2. The molecule has 22 heavy (non-hydrogen) atoms. The standard InChI is InChI=1S/C15H17Cl3N2O2/c1-7(2)20-4-3-8(5-10(20)15(19)22)12-11(21)6-9(16)13(17)14(12)18/h6,8,10,21H,1,3-5H2,2H3,(H2,19,22). The summed E-state index contributed by atoms with van der Waals surface area (Å²) in [7, 11) is 0. The number of carbonyl (C=O) groups is 1. The van der Waals surface area contributed by atoms with Gasteiger partial charge in [-0.2, -0.15) is 0 Å². The highest BCUT2D eigenvalue weighted by Gasteiger charge is 2.35. The predicted octanol–water partition coefficient (Wildman–Crippen LogP) is 3.92. The highest BCUT2D eigenvalue weighted by Crippen LogP contribution is 2.46. The van der Waals surface area contributed by atoms with Crippen molar-refractivity contribution in [2.24, 2.45) is 5.73 Å². The summed E-state index contributed by atoms with van der Waals surface area (Å²) in [6.07, 6.45) is 1.13. The lowest BCUT2D eigenvalue weighted by Crippen LogP contribution is -2.48. The third-order valence-electron chi connectivity index (χ3n) is 4.01. The summed E-state index contributed by atoms with van der Waals surface area (Å²) in [5.74, 6) is -0.574. The fourth-order valence-electron chi connectivity index (χ4n) is 2.94. The van der Waals surface area contributed by atoms with Crippen molar-refractivity contribution < 1.29 is 9.90 Å². The van der Waals surface area contributed by atoms with Gasteiger partial charge in [0.25, 0.3) is 0 Å². The zero-order valence-electron chi connectivity index (χ0n) is 12.1. The Morgan fingerprint density at radius 1 is 1.41 bits per heavy atom. The molecule has 1 amide bonds. The van der Waals surface area contributed by atoms with Gasteiger partial charge >= 0.3 is 0 Å². The van der Waals surface area contributed by atoms with E-state index in [0.29, 0.717) is 24.9 Å². The van der Waals surface area contributed by atoms with Crippen LogP contribution >= 0.6 is 34.8 Å². The molecular weight excluding hydrogens is 347 g/mol. The molecule has 0 saturated carbocycles. The molecule has 0 spiro atoms. The first kappa shape index (κ1) is 17.3. The van der Waals surface area contributed by atoms with Crippen LogP contribution in [0.15, 0.2) is 18.3 Å². The van der Waals surface area contributed by atoms with Crippen molar-refractivity contribution >= 4 is 40.7 Å². The first-order valence-corrected chi connectivity index (χ1v) is 7.95. The van der Waals surface area contributed by atoms with Gasteiger partial charge in [0.15, 0.2) is 0 Å². The molecule has 1 aromatic rings. The van der Waals surface area contributed by atoms with E-state index in [1.165, 1.54) is 6.07 Å². The number of hydrogen-bond donors (Lipinski definition) is 2. The molecule has 2 atom stereocenters. The molecule has 4 nitrogen and oxygen atoms in total. The summed E-state index contributed by atoms with van der Waals surface area (Å²) in [4.78, 5) is 13.6. The van der Waals surface area contributed by atoms with Crippen LogP contribution in [0.4, 0.5) is 0 Å². The van der Waals surface area contributed by atoms with Crippen LogP contribution in [-0.4, -0.2) is 28.5 Å². The van der Waals surface area contributed by atoms with Crippen LogP contribution in [0.1, 0.15) is 31.2 Å². The zero-order chi connectivity index (χ0) is 16.6. The van der Waals surface area contributed by atoms with Gasteiger partial charge in [0.1, 0.15) is 11.8 Å². The molecule has 1 fully saturated rings. The van der Waals surface area contributed by atoms with Crippen LogP contribution < -0.4 is 5.73 Å². The molecule has 1 heterocycles. The minimum absolute atomic E-state index is 0.0172. The second-order valence-corrected chi connectivity index (χ2v) is 6.65. The van der Waals surface area contributed by atoms with Gasteiger partial charge in [-0.3, -0.25) is 4.79 Å². The van der Waals surface area contributed by atoms with Crippen LogP contribution in [0.25, 0.3) is 0 Å². The molecule has 0 aliphatic carbocycles. The van der Waals surface area contributed by atoms with Crippen molar-refractivity contribution in [3.63, 3.8) is 0 Å². The Bertz CT molecular complexity index is 634. The quantitative estimate of drug-likeness (QED) is 0.800. The van der Waals surface area contributed by atoms with Crippen LogP contribution in [0, 0.1) is 0 Å². The lowest BCUT2D eigenvalue weighted by molar-refractivity contribution is -0.123. The maximum Gasteiger partial charge on any atom is 0.240 e. The number of likely N-dealkylation sites (tertiary alicyclic amines) is 1.